The van der Waals surface area contributed by atoms with Gasteiger partial charge in [-0.3, -0.25) is 28.8 Å². The summed E-state index contributed by atoms with van der Waals surface area (Å²) < 4.78 is 0. The molecular weight excluding hydrogens is 660 g/mol. The maximum Gasteiger partial charge on any atom is 0.246 e. The van der Waals surface area contributed by atoms with Crippen LogP contribution in [0.4, 0.5) is 0 Å². The molecule has 6 amide bonds. The number of nitrogens with zero attached hydrogens (tertiary/aromatic N) is 6. The van der Waals surface area contributed by atoms with Crippen molar-refractivity contribution in [2.45, 2.75) is 104 Å². The summed E-state index contributed by atoms with van der Waals surface area (Å²) in [5.41, 5.74) is 0.893. The molecule has 5 atom stereocenters. The molecule has 0 fully saturated rings. The highest BCUT2D eigenvalue weighted by molar-refractivity contribution is 5.96. The second kappa shape index (κ2) is 20.7. The van der Waals surface area contributed by atoms with Crippen LogP contribution in [0.5, 0.6) is 0 Å². The number of unbranched alkanes of at least 4 members (excludes halogenated alkanes) is 1. The van der Waals surface area contributed by atoms with Crippen LogP contribution in [-0.2, 0) is 35.2 Å². The van der Waals surface area contributed by atoms with Crippen molar-refractivity contribution in [1.29, 1.82) is 0 Å². The third-order valence-corrected chi connectivity index (χ3v) is 9.89. The summed E-state index contributed by atoms with van der Waals surface area (Å²) in [6.07, 6.45) is 3.65. The minimum atomic E-state index is -0.957. The van der Waals surface area contributed by atoms with Crippen molar-refractivity contribution in [2.75, 3.05) is 49.3 Å². The van der Waals surface area contributed by atoms with Crippen LogP contribution in [0.1, 0.15) is 73.3 Å². The summed E-state index contributed by atoms with van der Waals surface area (Å²) in [5, 5.41) is 0. The number of likely N-dealkylation sites (N-methyl/N-ethyl adjacent to an activating group) is 6. The van der Waals surface area contributed by atoms with Crippen LogP contribution >= 0.6 is 0 Å². The van der Waals surface area contributed by atoms with Crippen LogP contribution < -0.4 is 0 Å². The van der Waals surface area contributed by atoms with Gasteiger partial charge in [0.1, 0.15) is 30.2 Å². The molecule has 0 aliphatic rings. The fraction of sp³-hybridized carbons (Fsp3) is 0.650. The van der Waals surface area contributed by atoms with Gasteiger partial charge in [-0.15, -0.1) is 6.58 Å². The molecule has 0 aromatic heterocycles. The number of hydrogen-bond donors (Lipinski definition) is 0. The van der Waals surface area contributed by atoms with Crippen LogP contribution in [-0.4, -0.2) is 144 Å². The van der Waals surface area contributed by atoms with Crippen LogP contribution in [0, 0.1) is 17.8 Å². The third kappa shape index (κ3) is 11.6. The molecule has 12 heteroatoms. The molecule has 1 rings (SSSR count). The summed E-state index contributed by atoms with van der Waals surface area (Å²) in [4.78, 5) is 91.2. The van der Waals surface area contributed by atoms with E-state index in [1.165, 1.54) is 36.4 Å². The van der Waals surface area contributed by atoms with Gasteiger partial charge in [0.2, 0.25) is 35.4 Å². The zero-order chi connectivity index (χ0) is 40.2. The first kappa shape index (κ1) is 45.8. The van der Waals surface area contributed by atoms with Gasteiger partial charge < -0.3 is 29.4 Å². The SMILES string of the molecule is C=CCCCC(=O)N(C)[C@H](C(=O)N(C)[C@H](C(=O)N(C)[C@H](C(=O)N(C)[C@@H](C)C(=O)N(C)[C@@H](Cc1ccccc1)C(=O)N(C)C)C(C)C)C(C)C)C(C)C. The Morgan fingerprint density at radius 2 is 1.00 bits per heavy atom. The van der Waals surface area contributed by atoms with Gasteiger partial charge in [-0.05, 0) is 43.1 Å². The second-order valence-corrected chi connectivity index (χ2v) is 15.2. The Bertz CT molecular complexity index is 1380. The molecule has 0 heterocycles. The first-order valence-electron chi connectivity index (χ1n) is 18.3. The van der Waals surface area contributed by atoms with E-state index in [0.29, 0.717) is 19.3 Å². The van der Waals surface area contributed by atoms with Gasteiger partial charge in [0.05, 0.1) is 0 Å². The van der Waals surface area contributed by atoms with E-state index in [2.05, 4.69) is 6.58 Å². The van der Waals surface area contributed by atoms with E-state index in [1.54, 1.807) is 55.3 Å². The van der Waals surface area contributed by atoms with Crippen molar-refractivity contribution >= 4 is 35.4 Å². The molecule has 0 radical (unpaired) electrons. The largest absolute Gasteiger partial charge is 0.347 e. The van der Waals surface area contributed by atoms with E-state index in [-0.39, 0.29) is 41.9 Å². The van der Waals surface area contributed by atoms with Gasteiger partial charge in [-0.2, -0.15) is 0 Å². The second-order valence-electron chi connectivity index (χ2n) is 15.2. The highest BCUT2D eigenvalue weighted by Crippen LogP contribution is 2.23. The number of amides is 6. The Kier molecular flexibility index (Phi) is 18.3. The Morgan fingerprint density at radius 1 is 0.577 bits per heavy atom. The van der Waals surface area contributed by atoms with Crippen molar-refractivity contribution in [1.82, 2.24) is 29.4 Å². The molecule has 0 bridgehead atoms. The molecule has 292 valence electrons. The quantitative estimate of drug-likeness (QED) is 0.158. The normalized spacial score (nSPS) is 14.2. The molecule has 0 spiro atoms. The lowest BCUT2D eigenvalue weighted by molar-refractivity contribution is -0.157. The van der Waals surface area contributed by atoms with E-state index in [1.807, 2.05) is 71.9 Å². The van der Waals surface area contributed by atoms with Gasteiger partial charge >= 0.3 is 0 Å². The number of benzene rings is 1. The number of rotatable bonds is 19. The molecule has 0 unspecified atom stereocenters. The number of hydrogen-bond acceptors (Lipinski definition) is 6. The topological polar surface area (TPSA) is 122 Å². The standard InChI is InChI=1S/C40H66N6O6/c1-16-17-19-24-32(47)44(13)33(26(2)3)39(51)46(15)35(28(6)7)40(52)45(14)34(27(4)5)38(50)42(11)29(8)36(48)43(12)31(37(49)41(9)10)25-30-22-20-18-21-23-30/h16,18,20-23,26-29,31,33-35H,1,17,19,24-25H2,2-15H3/t29-,31-,33-,34-,35-/m0/s1. The van der Waals surface area contributed by atoms with Crippen LogP contribution in [0.15, 0.2) is 43.0 Å². The smallest absolute Gasteiger partial charge is 0.246 e. The highest BCUT2D eigenvalue weighted by atomic mass is 16.2. The Balaban J connectivity index is 3.35. The monoisotopic (exact) mass is 727 g/mol. The van der Waals surface area contributed by atoms with E-state index in [9.17, 15) is 28.8 Å². The predicted octanol–water partition coefficient (Wildman–Crippen LogP) is 3.80. The number of carbonyl (C=O) groups is 6. The summed E-state index contributed by atoms with van der Waals surface area (Å²) in [7, 11) is 11.1. The Morgan fingerprint density at radius 3 is 1.40 bits per heavy atom. The minimum absolute atomic E-state index is 0.160. The molecule has 52 heavy (non-hydrogen) atoms. The lowest BCUT2D eigenvalue weighted by Crippen LogP contribution is -2.61. The van der Waals surface area contributed by atoms with Crippen LogP contribution in [0.3, 0.4) is 0 Å². The highest BCUT2D eigenvalue weighted by Gasteiger charge is 2.43. The molecule has 1 aromatic carbocycles. The van der Waals surface area contributed by atoms with Crippen molar-refractivity contribution in [3.05, 3.63) is 48.6 Å². The maximum absolute atomic E-state index is 14.3. The van der Waals surface area contributed by atoms with Crippen molar-refractivity contribution in [3.63, 3.8) is 0 Å². The lowest BCUT2D eigenvalue weighted by atomic mass is 9.94. The summed E-state index contributed by atoms with van der Waals surface area (Å²) >= 11 is 0. The fourth-order valence-electron chi connectivity index (χ4n) is 6.65. The zero-order valence-corrected chi connectivity index (χ0v) is 34.3. The molecule has 1 aromatic rings. The predicted molar refractivity (Wildman–Crippen MR) is 206 cm³/mol. The molecule has 0 aliphatic heterocycles. The molecular formula is C40H66N6O6. The van der Waals surface area contributed by atoms with Gasteiger partial charge in [0.25, 0.3) is 0 Å². The van der Waals surface area contributed by atoms with Gasteiger partial charge in [-0.1, -0.05) is 78.0 Å². The Hall–Kier alpha value is -4.22. The van der Waals surface area contributed by atoms with Gasteiger partial charge in [0, 0.05) is 62.2 Å². The summed E-state index contributed by atoms with van der Waals surface area (Å²) in [6, 6.07) is 5.01. The fourth-order valence-corrected chi connectivity index (χ4v) is 6.65. The van der Waals surface area contributed by atoms with E-state index in [4.69, 9.17) is 0 Å². The van der Waals surface area contributed by atoms with Crippen molar-refractivity contribution in [3.8, 4) is 0 Å². The summed E-state index contributed by atoms with van der Waals surface area (Å²) in [5.74, 6) is -2.95. The van der Waals surface area contributed by atoms with Gasteiger partial charge in [-0.25, -0.2) is 0 Å². The lowest BCUT2D eigenvalue weighted by Gasteiger charge is -2.41. The molecule has 0 aliphatic carbocycles. The third-order valence-electron chi connectivity index (χ3n) is 9.89. The average Bonchev–Trinajstić information content (AvgIpc) is 3.08. The molecule has 12 nitrogen and oxygen atoms in total. The molecule has 0 saturated carbocycles. The first-order valence-corrected chi connectivity index (χ1v) is 18.3. The van der Waals surface area contributed by atoms with E-state index < -0.39 is 47.9 Å². The van der Waals surface area contributed by atoms with Crippen LogP contribution in [0.25, 0.3) is 0 Å². The van der Waals surface area contributed by atoms with Crippen molar-refractivity contribution < 1.29 is 28.8 Å². The average molecular weight is 727 g/mol. The number of allylic oxidation sites excluding steroid dienone is 1. The van der Waals surface area contributed by atoms with E-state index in [0.717, 1.165) is 5.56 Å². The molecule has 0 saturated heterocycles. The minimum Gasteiger partial charge on any atom is -0.347 e. The van der Waals surface area contributed by atoms with E-state index >= 15 is 0 Å². The summed E-state index contributed by atoms with van der Waals surface area (Å²) in [6.45, 7) is 16.4. The molecule has 0 N–H and O–H groups in total. The van der Waals surface area contributed by atoms with Gasteiger partial charge in [0.15, 0.2) is 0 Å². The zero-order valence-electron chi connectivity index (χ0n) is 34.3. The Labute approximate surface area is 313 Å². The maximum atomic E-state index is 14.3. The number of carbonyl (C=O) groups excluding carboxylic acids is 6. The van der Waals surface area contributed by atoms with Crippen molar-refractivity contribution in [2.24, 2.45) is 17.8 Å². The first-order chi connectivity index (χ1) is 24.1. The van der Waals surface area contributed by atoms with Crippen LogP contribution in [0.2, 0.25) is 0 Å².